The first-order valence-electron chi connectivity index (χ1n) is 10.5. The molecule has 0 saturated carbocycles. The van der Waals surface area contributed by atoms with Gasteiger partial charge in [0.25, 0.3) is 0 Å². The number of esters is 2. The average Bonchev–Trinajstić information content (AvgIpc) is 2.81. The maximum atomic E-state index is 12.2. The second-order valence-electron chi connectivity index (χ2n) is 6.28. The zero-order chi connectivity index (χ0) is 24.6. The van der Waals surface area contributed by atoms with Crippen LogP contribution in [0.4, 0.5) is 0 Å². The lowest BCUT2D eigenvalue weighted by atomic mass is 10.2. The zero-order valence-corrected chi connectivity index (χ0v) is 20.1. The topological polar surface area (TPSA) is 137 Å². The second kappa shape index (κ2) is 23.6. The van der Waals surface area contributed by atoms with Crippen LogP contribution in [0.15, 0.2) is 0 Å². The van der Waals surface area contributed by atoms with E-state index in [1.807, 2.05) is 0 Å². The van der Waals surface area contributed by atoms with Crippen LogP contribution in [-0.2, 0) is 52.3 Å². The third kappa shape index (κ3) is 20.8. The molecule has 0 aliphatic heterocycles. The van der Waals surface area contributed by atoms with E-state index in [0.29, 0.717) is 52.9 Å². The van der Waals surface area contributed by atoms with Crippen LogP contribution in [0.1, 0.15) is 6.42 Å². The number of hydrogen-bond donors (Lipinski definition) is 1. The highest BCUT2D eigenvalue weighted by Gasteiger charge is 2.26. The van der Waals surface area contributed by atoms with Crippen LogP contribution >= 0.6 is 11.6 Å². The summed E-state index contributed by atoms with van der Waals surface area (Å²) < 4.78 is 40.7. The highest BCUT2D eigenvalue weighted by Crippen LogP contribution is 2.00. The number of rotatable bonds is 23. The normalized spacial score (nSPS) is 11.7. The van der Waals surface area contributed by atoms with E-state index in [4.69, 9.17) is 49.5 Å². The molecule has 0 bridgehead atoms. The summed E-state index contributed by atoms with van der Waals surface area (Å²) in [5.41, 5.74) is 0. The van der Waals surface area contributed by atoms with Crippen LogP contribution in [0.25, 0.3) is 0 Å². The van der Waals surface area contributed by atoms with Crippen LogP contribution in [0.5, 0.6) is 0 Å². The SMILES string of the molecule is COCCOCCOCCOC(=O)C[C@H](NC(=O)CCl)C(=O)OCCOCCOCCOC. The van der Waals surface area contributed by atoms with Gasteiger partial charge in [-0.3, -0.25) is 9.59 Å². The number of amides is 1. The maximum Gasteiger partial charge on any atom is 0.329 e. The molecule has 0 radical (unpaired) electrons. The summed E-state index contributed by atoms with van der Waals surface area (Å²) in [4.78, 5) is 35.8. The van der Waals surface area contributed by atoms with Gasteiger partial charge in [-0.2, -0.15) is 0 Å². The van der Waals surface area contributed by atoms with Crippen molar-refractivity contribution in [2.45, 2.75) is 12.5 Å². The molecule has 13 heteroatoms. The van der Waals surface area contributed by atoms with Crippen molar-refractivity contribution in [3.8, 4) is 0 Å². The molecular weight excluding hydrogens is 466 g/mol. The average molecular weight is 502 g/mol. The molecular formula is C20H36ClNO11. The minimum Gasteiger partial charge on any atom is -0.463 e. The maximum absolute atomic E-state index is 12.2. The smallest absolute Gasteiger partial charge is 0.329 e. The largest absolute Gasteiger partial charge is 0.463 e. The van der Waals surface area contributed by atoms with Crippen molar-refractivity contribution in [1.82, 2.24) is 5.32 Å². The minimum atomic E-state index is -1.23. The molecule has 0 rings (SSSR count). The van der Waals surface area contributed by atoms with E-state index in [0.717, 1.165) is 0 Å². The molecule has 0 aromatic carbocycles. The predicted octanol–water partition coefficient (Wildman–Crippen LogP) is -0.454. The first-order valence-corrected chi connectivity index (χ1v) is 11.0. The zero-order valence-electron chi connectivity index (χ0n) is 19.3. The Morgan fingerprint density at radius 1 is 0.667 bits per heavy atom. The van der Waals surface area contributed by atoms with Gasteiger partial charge in [-0.1, -0.05) is 0 Å². The van der Waals surface area contributed by atoms with Crippen molar-refractivity contribution in [1.29, 1.82) is 0 Å². The van der Waals surface area contributed by atoms with Gasteiger partial charge < -0.3 is 43.2 Å². The number of alkyl halides is 1. The van der Waals surface area contributed by atoms with E-state index < -0.39 is 30.3 Å². The summed E-state index contributed by atoms with van der Waals surface area (Å²) in [6.45, 7) is 3.57. The molecule has 0 aromatic rings. The van der Waals surface area contributed by atoms with Crippen LogP contribution in [0, 0.1) is 0 Å². The Kier molecular flexibility index (Phi) is 22.5. The third-order valence-electron chi connectivity index (χ3n) is 3.68. The molecule has 0 fully saturated rings. The van der Waals surface area contributed by atoms with Gasteiger partial charge in [0, 0.05) is 14.2 Å². The molecule has 0 unspecified atom stereocenters. The Labute approximate surface area is 199 Å². The number of carbonyl (C=O) groups excluding carboxylic acids is 3. The van der Waals surface area contributed by atoms with E-state index in [2.05, 4.69) is 5.32 Å². The standard InChI is InChI=1S/C20H36ClNO11/c1-26-3-5-28-7-9-30-11-13-32-19(24)15-17(22-18(23)16-21)20(25)33-14-12-31-10-8-29-6-4-27-2/h17H,3-16H2,1-2H3,(H,22,23)/t17-/m0/s1. The Hall–Kier alpha value is -1.54. The Balaban J connectivity index is 4.06. The molecule has 0 spiro atoms. The van der Waals surface area contributed by atoms with Gasteiger partial charge in [0.2, 0.25) is 5.91 Å². The van der Waals surface area contributed by atoms with E-state index in [1.165, 1.54) is 0 Å². The summed E-state index contributed by atoms with van der Waals surface area (Å²) in [6, 6.07) is -1.23. The number of nitrogens with one attached hydrogen (secondary N) is 1. The first-order chi connectivity index (χ1) is 16.0. The van der Waals surface area contributed by atoms with Crippen LogP contribution < -0.4 is 5.32 Å². The number of carbonyl (C=O) groups is 3. The summed E-state index contributed by atoms with van der Waals surface area (Å²) in [5.74, 6) is -2.48. The van der Waals surface area contributed by atoms with E-state index in [1.54, 1.807) is 14.2 Å². The van der Waals surface area contributed by atoms with Gasteiger partial charge in [-0.15, -0.1) is 11.6 Å². The Morgan fingerprint density at radius 3 is 1.55 bits per heavy atom. The van der Waals surface area contributed by atoms with Crippen molar-refractivity contribution >= 4 is 29.4 Å². The summed E-state index contributed by atoms with van der Waals surface area (Å²) in [6.07, 6.45) is -0.407. The molecule has 0 aliphatic rings. The van der Waals surface area contributed by atoms with Gasteiger partial charge in [-0.05, 0) is 0 Å². The number of ether oxygens (including phenoxy) is 8. The van der Waals surface area contributed by atoms with E-state index >= 15 is 0 Å². The quantitative estimate of drug-likeness (QED) is 0.111. The summed E-state index contributed by atoms with van der Waals surface area (Å²) in [7, 11) is 3.16. The molecule has 1 atom stereocenters. The van der Waals surface area contributed by atoms with Gasteiger partial charge in [0.15, 0.2) is 0 Å². The fourth-order valence-corrected chi connectivity index (χ4v) is 2.17. The predicted molar refractivity (Wildman–Crippen MR) is 116 cm³/mol. The van der Waals surface area contributed by atoms with Crippen molar-refractivity contribution in [3.05, 3.63) is 0 Å². The van der Waals surface area contributed by atoms with Crippen LogP contribution in [0.2, 0.25) is 0 Å². The van der Waals surface area contributed by atoms with Crippen molar-refractivity contribution in [3.63, 3.8) is 0 Å². The Bertz CT molecular complexity index is 510. The van der Waals surface area contributed by atoms with Gasteiger partial charge in [-0.25, -0.2) is 4.79 Å². The Morgan fingerprint density at radius 2 is 1.09 bits per heavy atom. The molecule has 12 nitrogen and oxygen atoms in total. The van der Waals surface area contributed by atoms with Crippen LogP contribution in [-0.4, -0.2) is 123 Å². The van der Waals surface area contributed by atoms with E-state index in [9.17, 15) is 14.4 Å². The molecule has 1 N–H and O–H groups in total. The summed E-state index contributed by atoms with van der Waals surface area (Å²) in [5, 5.41) is 2.34. The molecule has 194 valence electrons. The molecule has 0 aliphatic carbocycles. The number of hydrogen-bond acceptors (Lipinski definition) is 11. The number of methoxy groups -OCH3 is 2. The highest BCUT2D eigenvalue weighted by molar-refractivity contribution is 6.27. The third-order valence-corrected chi connectivity index (χ3v) is 3.92. The molecule has 1 amide bonds. The summed E-state index contributed by atoms with van der Waals surface area (Å²) >= 11 is 5.46. The lowest BCUT2D eigenvalue weighted by Gasteiger charge is -2.17. The monoisotopic (exact) mass is 501 g/mol. The van der Waals surface area contributed by atoms with Crippen molar-refractivity contribution < 1.29 is 52.3 Å². The fraction of sp³-hybridized carbons (Fsp3) is 0.850. The molecule has 0 heterocycles. The van der Waals surface area contributed by atoms with Crippen molar-refractivity contribution in [2.75, 3.05) is 99.4 Å². The highest BCUT2D eigenvalue weighted by atomic mass is 35.5. The van der Waals surface area contributed by atoms with Gasteiger partial charge >= 0.3 is 11.9 Å². The van der Waals surface area contributed by atoms with Gasteiger partial charge in [0.05, 0.1) is 72.5 Å². The number of halogens is 1. The minimum absolute atomic E-state index is 0.0115. The molecule has 33 heavy (non-hydrogen) atoms. The lowest BCUT2D eigenvalue weighted by molar-refractivity contribution is -0.155. The van der Waals surface area contributed by atoms with Gasteiger partial charge in [0.1, 0.15) is 25.1 Å². The van der Waals surface area contributed by atoms with Crippen LogP contribution in [0.3, 0.4) is 0 Å². The van der Waals surface area contributed by atoms with E-state index in [-0.39, 0.29) is 32.3 Å². The lowest BCUT2D eigenvalue weighted by Crippen LogP contribution is -2.44. The second-order valence-corrected chi connectivity index (χ2v) is 6.55. The molecule has 0 aromatic heterocycles. The molecule has 0 saturated heterocycles. The first kappa shape index (κ1) is 31.5. The van der Waals surface area contributed by atoms with Crippen molar-refractivity contribution in [2.24, 2.45) is 0 Å². The fourth-order valence-electron chi connectivity index (χ4n) is 2.10.